The first kappa shape index (κ1) is 20.8. The van der Waals surface area contributed by atoms with E-state index in [1.54, 1.807) is 0 Å². The third-order valence-electron chi connectivity index (χ3n) is 3.42. The molecule has 0 saturated carbocycles. The number of hydrogen-bond acceptors (Lipinski definition) is 4. The van der Waals surface area contributed by atoms with Crippen molar-refractivity contribution in [3.63, 3.8) is 0 Å². The van der Waals surface area contributed by atoms with Crippen molar-refractivity contribution in [1.29, 1.82) is 0 Å². The van der Waals surface area contributed by atoms with Gasteiger partial charge in [0.1, 0.15) is 0 Å². The zero-order valence-corrected chi connectivity index (χ0v) is 15.0. The van der Waals surface area contributed by atoms with Gasteiger partial charge < -0.3 is 21.3 Å². The monoisotopic (exact) mass is 300 g/mol. The minimum Gasteiger partial charge on any atom is -0.317 e. The minimum atomic E-state index is 0.449. The fraction of sp³-hybridized carbons (Fsp3) is 1.00. The molecule has 0 amide bonds. The Morgan fingerprint density at radius 2 is 0.952 bits per heavy atom. The van der Waals surface area contributed by atoms with Crippen LogP contribution in [0.2, 0.25) is 0 Å². The van der Waals surface area contributed by atoms with Gasteiger partial charge in [-0.05, 0) is 83.5 Å². The summed E-state index contributed by atoms with van der Waals surface area (Å²) in [5.74, 6) is 0. The molecular formula is C17H40N4. The lowest BCUT2D eigenvalue weighted by atomic mass is 9.92. The lowest BCUT2D eigenvalue weighted by Gasteiger charge is -2.18. The zero-order chi connectivity index (χ0) is 15.8. The van der Waals surface area contributed by atoms with Gasteiger partial charge >= 0.3 is 0 Å². The third kappa shape index (κ3) is 19.8. The SMILES string of the molecule is CCNCCCNCCCNCCCNCCC(C)(C)C. The molecule has 128 valence electrons. The average molecular weight is 301 g/mol. The number of hydrogen-bond donors (Lipinski definition) is 4. The van der Waals surface area contributed by atoms with E-state index in [2.05, 4.69) is 49.0 Å². The van der Waals surface area contributed by atoms with Gasteiger partial charge in [-0.2, -0.15) is 0 Å². The van der Waals surface area contributed by atoms with Crippen LogP contribution in [0.25, 0.3) is 0 Å². The molecule has 4 heteroatoms. The van der Waals surface area contributed by atoms with Crippen LogP contribution >= 0.6 is 0 Å². The Kier molecular flexibility index (Phi) is 14.7. The van der Waals surface area contributed by atoms with E-state index in [1.165, 1.54) is 25.7 Å². The van der Waals surface area contributed by atoms with E-state index in [0.29, 0.717) is 5.41 Å². The molecule has 0 radical (unpaired) electrons. The molecule has 0 unspecified atom stereocenters. The van der Waals surface area contributed by atoms with Crippen LogP contribution in [0, 0.1) is 5.41 Å². The summed E-state index contributed by atoms with van der Waals surface area (Å²) in [6, 6.07) is 0. The van der Waals surface area contributed by atoms with Crippen molar-refractivity contribution in [3.05, 3.63) is 0 Å². The highest BCUT2D eigenvalue weighted by atomic mass is 14.9. The van der Waals surface area contributed by atoms with Gasteiger partial charge in [0.25, 0.3) is 0 Å². The molecule has 4 N–H and O–H groups in total. The minimum absolute atomic E-state index is 0.449. The summed E-state index contributed by atoms with van der Waals surface area (Å²) in [5, 5.41) is 13.9. The van der Waals surface area contributed by atoms with Crippen LogP contribution in [0.1, 0.15) is 53.4 Å². The van der Waals surface area contributed by atoms with E-state index in [4.69, 9.17) is 0 Å². The molecule has 21 heavy (non-hydrogen) atoms. The van der Waals surface area contributed by atoms with Crippen LogP contribution < -0.4 is 21.3 Å². The van der Waals surface area contributed by atoms with Gasteiger partial charge in [-0.15, -0.1) is 0 Å². The molecule has 0 fully saturated rings. The normalized spacial score (nSPS) is 12.0. The zero-order valence-electron chi connectivity index (χ0n) is 15.0. The maximum absolute atomic E-state index is 3.52. The predicted molar refractivity (Wildman–Crippen MR) is 95.1 cm³/mol. The van der Waals surface area contributed by atoms with Gasteiger partial charge in [0.05, 0.1) is 0 Å². The Morgan fingerprint density at radius 3 is 1.33 bits per heavy atom. The predicted octanol–water partition coefficient (Wildman–Crippen LogP) is 1.97. The second-order valence-electron chi connectivity index (χ2n) is 6.97. The molecule has 0 spiro atoms. The average Bonchev–Trinajstić information content (AvgIpc) is 2.42. The van der Waals surface area contributed by atoms with E-state index in [9.17, 15) is 0 Å². The van der Waals surface area contributed by atoms with Gasteiger partial charge in [-0.1, -0.05) is 27.7 Å². The van der Waals surface area contributed by atoms with Crippen LogP contribution in [0.15, 0.2) is 0 Å². The Balaban J connectivity index is 3.00. The molecule has 0 aromatic carbocycles. The largest absolute Gasteiger partial charge is 0.317 e. The van der Waals surface area contributed by atoms with Crippen molar-refractivity contribution in [2.24, 2.45) is 5.41 Å². The van der Waals surface area contributed by atoms with Crippen molar-refractivity contribution in [3.8, 4) is 0 Å². The Morgan fingerprint density at radius 1 is 0.571 bits per heavy atom. The van der Waals surface area contributed by atoms with Gasteiger partial charge in [-0.3, -0.25) is 0 Å². The summed E-state index contributed by atoms with van der Waals surface area (Å²) in [6.07, 6.45) is 4.92. The van der Waals surface area contributed by atoms with Gasteiger partial charge in [0, 0.05) is 0 Å². The fourth-order valence-corrected chi connectivity index (χ4v) is 2.03. The van der Waals surface area contributed by atoms with Crippen molar-refractivity contribution < 1.29 is 0 Å². The van der Waals surface area contributed by atoms with Crippen molar-refractivity contribution in [2.45, 2.75) is 53.4 Å². The first-order valence-electron chi connectivity index (χ1n) is 8.89. The van der Waals surface area contributed by atoms with Crippen molar-refractivity contribution in [1.82, 2.24) is 21.3 Å². The lowest BCUT2D eigenvalue weighted by molar-refractivity contribution is 0.366. The number of rotatable bonds is 15. The number of nitrogens with one attached hydrogen (secondary N) is 4. The molecule has 0 aromatic heterocycles. The summed E-state index contributed by atoms with van der Waals surface area (Å²) in [5.41, 5.74) is 0.449. The third-order valence-corrected chi connectivity index (χ3v) is 3.42. The first-order valence-corrected chi connectivity index (χ1v) is 8.89. The molecule has 0 rings (SSSR count). The van der Waals surface area contributed by atoms with E-state index >= 15 is 0 Å². The van der Waals surface area contributed by atoms with Crippen LogP contribution in [0.5, 0.6) is 0 Å². The van der Waals surface area contributed by atoms with Crippen LogP contribution in [0.3, 0.4) is 0 Å². The molecule has 4 nitrogen and oxygen atoms in total. The molecule has 0 heterocycles. The second kappa shape index (κ2) is 14.8. The molecular weight excluding hydrogens is 260 g/mol. The van der Waals surface area contributed by atoms with Gasteiger partial charge in [0.15, 0.2) is 0 Å². The van der Waals surface area contributed by atoms with E-state index in [-0.39, 0.29) is 0 Å². The Hall–Kier alpha value is -0.160. The van der Waals surface area contributed by atoms with Gasteiger partial charge in [0.2, 0.25) is 0 Å². The van der Waals surface area contributed by atoms with Crippen LogP contribution in [-0.2, 0) is 0 Å². The molecule has 0 bridgehead atoms. The van der Waals surface area contributed by atoms with Crippen LogP contribution in [0.4, 0.5) is 0 Å². The highest BCUT2D eigenvalue weighted by Gasteiger charge is 2.08. The molecule has 0 saturated heterocycles. The van der Waals surface area contributed by atoms with Crippen molar-refractivity contribution in [2.75, 3.05) is 52.4 Å². The highest BCUT2D eigenvalue weighted by Crippen LogP contribution is 2.16. The van der Waals surface area contributed by atoms with Gasteiger partial charge in [-0.25, -0.2) is 0 Å². The molecule has 0 aromatic rings. The summed E-state index contributed by atoms with van der Waals surface area (Å²) in [7, 11) is 0. The van der Waals surface area contributed by atoms with E-state index in [1.807, 2.05) is 0 Å². The molecule has 0 atom stereocenters. The van der Waals surface area contributed by atoms with E-state index in [0.717, 1.165) is 52.4 Å². The summed E-state index contributed by atoms with van der Waals surface area (Å²) in [4.78, 5) is 0. The van der Waals surface area contributed by atoms with Crippen LogP contribution in [-0.4, -0.2) is 52.4 Å². The quantitative estimate of drug-likeness (QED) is 0.349. The van der Waals surface area contributed by atoms with Crippen molar-refractivity contribution >= 4 is 0 Å². The highest BCUT2D eigenvalue weighted by molar-refractivity contribution is 4.63. The first-order chi connectivity index (χ1) is 10.1. The standard InChI is InChI=1S/C17H40N4/c1-5-18-10-6-11-19-12-7-13-20-14-8-15-21-16-9-17(2,3)4/h18-21H,5-16H2,1-4H3. The Labute approximate surface area is 133 Å². The van der Waals surface area contributed by atoms with E-state index < -0.39 is 0 Å². The summed E-state index contributed by atoms with van der Waals surface area (Å²) in [6.45, 7) is 18.0. The topological polar surface area (TPSA) is 48.1 Å². The Bertz CT molecular complexity index is 201. The second-order valence-corrected chi connectivity index (χ2v) is 6.97. The fourth-order valence-electron chi connectivity index (χ4n) is 2.03. The molecule has 0 aliphatic heterocycles. The maximum Gasteiger partial charge on any atom is -0.00368 e. The molecule has 0 aliphatic rings. The smallest absolute Gasteiger partial charge is 0.00368 e. The molecule has 0 aliphatic carbocycles. The lowest BCUT2D eigenvalue weighted by Crippen LogP contribution is -2.27. The maximum atomic E-state index is 3.52. The summed E-state index contributed by atoms with van der Waals surface area (Å²) < 4.78 is 0. The summed E-state index contributed by atoms with van der Waals surface area (Å²) >= 11 is 0.